The molecule has 0 fully saturated rings. The Morgan fingerprint density at radius 1 is 1.35 bits per heavy atom. The normalized spacial score (nSPS) is 10.9. The van der Waals surface area contributed by atoms with Gasteiger partial charge in [-0.15, -0.1) is 11.8 Å². The summed E-state index contributed by atoms with van der Waals surface area (Å²) in [6.07, 6.45) is 0.783. The summed E-state index contributed by atoms with van der Waals surface area (Å²) in [6.45, 7) is 4.20. The second kappa shape index (κ2) is 6.56. The van der Waals surface area contributed by atoms with Gasteiger partial charge in [-0.3, -0.25) is 0 Å². The second-order valence-electron chi connectivity index (χ2n) is 4.82. The van der Waals surface area contributed by atoms with E-state index in [2.05, 4.69) is 24.0 Å². The highest BCUT2D eigenvalue weighted by Crippen LogP contribution is 2.22. The first-order valence-corrected chi connectivity index (χ1v) is 7.31. The van der Waals surface area contributed by atoms with Gasteiger partial charge in [0.2, 0.25) is 5.89 Å². The molecule has 0 aliphatic rings. The largest absolute Gasteiger partial charge is 0.478 e. The molecular weight excluding hydrogens is 276 g/mol. The molecule has 1 aromatic carbocycles. The zero-order chi connectivity index (χ0) is 14.5. The molecule has 106 valence electrons. The zero-order valence-electron chi connectivity index (χ0n) is 11.4. The molecule has 0 atom stereocenters. The molecule has 0 aliphatic carbocycles. The quantitative estimate of drug-likeness (QED) is 0.823. The fourth-order valence-electron chi connectivity index (χ4n) is 1.62. The molecule has 0 bridgehead atoms. The number of rotatable bonds is 6. The Kier molecular flexibility index (Phi) is 4.79. The highest BCUT2D eigenvalue weighted by atomic mass is 32.2. The van der Waals surface area contributed by atoms with E-state index in [1.165, 1.54) is 0 Å². The number of carbonyl (C=O) groups is 1. The maximum Gasteiger partial charge on any atom is 0.335 e. The molecule has 0 saturated heterocycles. The lowest BCUT2D eigenvalue weighted by molar-refractivity contribution is 0.0697. The lowest BCUT2D eigenvalue weighted by Gasteiger charge is -1.99. The smallest absolute Gasteiger partial charge is 0.335 e. The van der Waals surface area contributed by atoms with E-state index in [1.807, 2.05) is 0 Å². The Morgan fingerprint density at radius 2 is 2.05 bits per heavy atom. The van der Waals surface area contributed by atoms with E-state index in [9.17, 15) is 4.79 Å². The molecule has 5 nitrogen and oxygen atoms in total. The van der Waals surface area contributed by atoms with Crippen LogP contribution in [-0.4, -0.2) is 21.2 Å². The van der Waals surface area contributed by atoms with E-state index in [0.29, 0.717) is 23.4 Å². The Balaban J connectivity index is 1.91. The van der Waals surface area contributed by atoms with Gasteiger partial charge in [0.25, 0.3) is 0 Å². The molecule has 0 spiro atoms. The van der Waals surface area contributed by atoms with Gasteiger partial charge in [-0.05, 0) is 30.2 Å². The number of carboxylic acids is 1. The first-order chi connectivity index (χ1) is 9.54. The lowest BCUT2D eigenvalue weighted by Crippen LogP contribution is -1.95. The van der Waals surface area contributed by atoms with Crippen LogP contribution in [0.4, 0.5) is 0 Å². The topological polar surface area (TPSA) is 76.2 Å². The number of carboxylic acid groups (broad SMARTS) is 1. The van der Waals surface area contributed by atoms with Crippen LogP contribution in [0.2, 0.25) is 0 Å². The van der Waals surface area contributed by atoms with Crippen molar-refractivity contribution in [2.24, 2.45) is 5.92 Å². The van der Waals surface area contributed by atoms with Crippen LogP contribution in [0, 0.1) is 5.92 Å². The summed E-state index contributed by atoms with van der Waals surface area (Å²) in [5, 5.41) is 12.7. The number of thioether (sulfide) groups is 1. The van der Waals surface area contributed by atoms with Crippen molar-refractivity contribution in [1.29, 1.82) is 0 Å². The minimum atomic E-state index is -0.918. The van der Waals surface area contributed by atoms with E-state index < -0.39 is 5.97 Å². The Bertz CT molecular complexity index is 578. The highest BCUT2D eigenvalue weighted by Gasteiger charge is 2.09. The first kappa shape index (κ1) is 14.6. The summed E-state index contributed by atoms with van der Waals surface area (Å²) in [7, 11) is 0. The molecule has 2 aromatic rings. The molecule has 2 rings (SSSR count). The average Bonchev–Trinajstić information content (AvgIpc) is 2.83. The van der Waals surface area contributed by atoms with E-state index >= 15 is 0 Å². The van der Waals surface area contributed by atoms with Gasteiger partial charge < -0.3 is 9.63 Å². The Hall–Kier alpha value is -1.82. The van der Waals surface area contributed by atoms with E-state index in [-0.39, 0.29) is 5.56 Å². The fraction of sp³-hybridized carbons (Fsp3) is 0.357. The van der Waals surface area contributed by atoms with Crippen LogP contribution in [0.5, 0.6) is 0 Å². The minimum Gasteiger partial charge on any atom is -0.478 e. The van der Waals surface area contributed by atoms with Crippen molar-refractivity contribution in [3.63, 3.8) is 0 Å². The van der Waals surface area contributed by atoms with E-state index in [0.717, 1.165) is 11.3 Å². The fourth-order valence-corrected chi connectivity index (χ4v) is 2.36. The summed E-state index contributed by atoms with van der Waals surface area (Å²) in [5.74, 6) is 1.50. The minimum absolute atomic E-state index is 0.285. The van der Waals surface area contributed by atoms with Crippen molar-refractivity contribution in [3.8, 4) is 0 Å². The summed E-state index contributed by atoms with van der Waals surface area (Å²) in [4.78, 5) is 16.0. The van der Waals surface area contributed by atoms with Crippen molar-refractivity contribution < 1.29 is 14.4 Å². The van der Waals surface area contributed by atoms with Crippen molar-refractivity contribution in [3.05, 3.63) is 41.5 Å². The van der Waals surface area contributed by atoms with Crippen LogP contribution >= 0.6 is 11.8 Å². The van der Waals surface area contributed by atoms with E-state index in [1.54, 1.807) is 36.0 Å². The third-order valence-corrected chi connectivity index (χ3v) is 3.57. The van der Waals surface area contributed by atoms with Crippen LogP contribution in [0.1, 0.15) is 35.9 Å². The van der Waals surface area contributed by atoms with Gasteiger partial charge in [-0.25, -0.2) is 4.79 Å². The second-order valence-corrected chi connectivity index (χ2v) is 5.87. The third kappa shape index (κ3) is 4.09. The molecule has 1 heterocycles. The Morgan fingerprint density at radius 3 is 2.65 bits per heavy atom. The molecule has 0 saturated carbocycles. The zero-order valence-corrected chi connectivity index (χ0v) is 12.2. The van der Waals surface area contributed by atoms with Gasteiger partial charge in [0.05, 0.1) is 11.3 Å². The maximum atomic E-state index is 10.7. The molecule has 0 aliphatic heterocycles. The van der Waals surface area contributed by atoms with Crippen molar-refractivity contribution >= 4 is 17.7 Å². The third-order valence-electron chi connectivity index (χ3n) is 2.56. The summed E-state index contributed by atoms with van der Waals surface area (Å²) in [5.41, 5.74) is 0.285. The molecule has 0 amide bonds. The highest BCUT2D eigenvalue weighted by molar-refractivity contribution is 7.98. The van der Waals surface area contributed by atoms with Crippen LogP contribution in [0.25, 0.3) is 0 Å². The molecule has 0 radical (unpaired) electrons. The molecular formula is C14H16N2O3S. The SMILES string of the molecule is CC(C)Cc1nc(CSc2ccc(C(=O)O)cc2)no1. The maximum absolute atomic E-state index is 10.7. The summed E-state index contributed by atoms with van der Waals surface area (Å²) < 4.78 is 5.16. The van der Waals surface area contributed by atoms with Gasteiger partial charge in [0.1, 0.15) is 0 Å². The molecule has 20 heavy (non-hydrogen) atoms. The van der Waals surface area contributed by atoms with Gasteiger partial charge in [-0.1, -0.05) is 19.0 Å². The predicted molar refractivity (Wildman–Crippen MR) is 75.8 cm³/mol. The molecule has 1 aromatic heterocycles. The van der Waals surface area contributed by atoms with Crippen molar-refractivity contribution in [2.75, 3.05) is 0 Å². The van der Waals surface area contributed by atoms with Gasteiger partial charge in [0.15, 0.2) is 5.82 Å². The standard InChI is InChI=1S/C14H16N2O3S/c1-9(2)7-13-15-12(16-19-13)8-20-11-5-3-10(4-6-11)14(17)18/h3-6,9H,7-8H2,1-2H3,(H,17,18). The Labute approximate surface area is 121 Å². The monoisotopic (exact) mass is 292 g/mol. The van der Waals surface area contributed by atoms with Crippen LogP contribution in [-0.2, 0) is 12.2 Å². The van der Waals surface area contributed by atoms with Crippen LogP contribution in [0.15, 0.2) is 33.7 Å². The van der Waals surface area contributed by atoms with Crippen LogP contribution in [0.3, 0.4) is 0 Å². The van der Waals surface area contributed by atoms with Crippen molar-refractivity contribution in [2.45, 2.75) is 30.9 Å². The summed E-state index contributed by atoms with van der Waals surface area (Å²) in [6, 6.07) is 6.74. The number of nitrogens with zero attached hydrogens (tertiary/aromatic N) is 2. The number of aromatic nitrogens is 2. The summed E-state index contributed by atoms with van der Waals surface area (Å²) >= 11 is 1.55. The van der Waals surface area contributed by atoms with Gasteiger partial charge >= 0.3 is 5.97 Å². The van der Waals surface area contributed by atoms with Crippen molar-refractivity contribution in [1.82, 2.24) is 10.1 Å². The van der Waals surface area contributed by atoms with E-state index in [4.69, 9.17) is 9.63 Å². The lowest BCUT2D eigenvalue weighted by atomic mass is 10.1. The molecule has 6 heteroatoms. The number of benzene rings is 1. The molecule has 1 N–H and O–H groups in total. The van der Waals surface area contributed by atoms with Gasteiger partial charge in [-0.2, -0.15) is 4.98 Å². The number of hydrogen-bond donors (Lipinski definition) is 1. The molecule has 0 unspecified atom stereocenters. The average molecular weight is 292 g/mol. The first-order valence-electron chi connectivity index (χ1n) is 6.32. The van der Waals surface area contributed by atoms with Crippen LogP contribution < -0.4 is 0 Å². The number of aromatic carboxylic acids is 1. The number of hydrogen-bond acceptors (Lipinski definition) is 5. The van der Waals surface area contributed by atoms with Gasteiger partial charge in [0, 0.05) is 11.3 Å². The predicted octanol–water partition coefficient (Wildman–Crippen LogP) is 3.26.